The fourth-order valence-electron chi connectivity index (χ4n) is 1.46. The molecule has 0 fully saturated rings. The normalized spacial score (nSPS) is 11.7. The summed E-state index contributed by atoms with van der Waals surface area (Å²) in [5.74, 6) is 0.556. The SMILES string of the molecule is C=C(C)c1cccc(/C(C)=C/OCC(C)C)c1. The predicted molar refractivity (Wildman–Crippen MR) is 75.6 cm³/mol. The second-order valence-corrected chi connectivity index (χ2v) is 4.89. The molecule has 0 aliphatic heterocycles. The summed E-state index contributed by atoms with van der Waals surface area (Å²) in [6, 6.07) is 8.37. The Morgan fingerprint density at radius 2 is 1.94 bits per heavy atom. The summed E-state index contributed by atoms with van der Waals surface area (Å²) in [5, 5.41) is 0. The van der Waals surface area contributed by atoms with Crippen LogP contribution in [-0.2, 0) is 4.74 Å². The molecule has 0 bridgehead atoms. The standard InChI is InChI=1S/C16H22O/c1-12(2)10-17-11-14(5)16-8-6-7-15(9-16)13(3)4/h6-9,11-12H,3,10H2,1-2,4-5H3/b14-11+. The van der Waals surface area contributed by atoms with Gasteiger partial charge < -0.3 is 4.74 Å². The minimum absolute atomic E-state index is 0.556. The van der Waals surface area contributed by atoms with Gasteiger partial charge in [0.25, 0.3) is 0 Å². The van der Waals surface area contributed by atoms with Gasteiger partial charge in [0.2, 0.25) is 0 Å². The van der Waals surface area contributed by atoms with E-state index < -0.39 is 0 Å². The van der Waals surface area contributed by atoms with Crippen LogP contribution in [0.25, 0.3) is 11.1 Å². The first-order chi connectivity index (χ1) is 8.00. The lowest BCUT2D eigenvalue weighted by Crippen LogP contribution is -1.97. The number of rotatable bonds is 5. The van der Waals surface area contributed by atoms with Gasteiger partial charge in [-0.15, -0.1) is 0 Å². The molecule has 1 aromatic carbocycles. The number of hydrogen-bond donors (Lipinski definition) is 0. The summed E-state index contributed by atoms with van der Waals surface area (Å²) >= 11 is 0. The zero-order valence-electron chi connectivity index (χ0n) is 11.3. The van der Waals surface area contributed by atoms with Gasteiger partial charge >= 0.3 is 0 Å². The Balaban J connectivity index is 2.77. The maximum atomic E-state index is 5.53. The van der Waals surface area contributed by atoms with Crippen LogP contribution in [0.1, 0.15) is 38.8 Å². The highest BCUT2D eigenvalue weighted by Gasteiger charge is 1.99. The van der Waals surface area contributed by atoms with Crippen molar-refractivity contribution in [2.24, 2.45) is 5.92 Å². The van der Waals surface area contributed by atoms with Crippen LogP contribution in [0.2, 0.25) is 0 Å². The predicted octanol–water partition coefficient (Wildman–Crippen LogP) is 4.75. The first-order valence-corrected chi connectivity index (χ1v) is 6.05. The third-order valence-corrected chi connectivity index (χ3v) is 2.50. The monoisotopic (exact) mass is 230 g/mol. The molecule has 17 heavy (non-hydrogen) atoms. The Morgan fingerprint density at radius 1 is 1.29 bits per heavy atom. The number of benzene rings is 1. The van der Waals surface area contributed by atoms with E-state index in [4.69, 9.17) is 4.74 Å². The van der Waals surface area contributed by atoms with Crippen LogP contribution in [0.3, 0.4) is 0 Å². The lowest BCUT2D eigenvalue weighted by Gasteiger charge is -2.08. The Labute approximate surface area is 105 Å². The molecule has 0 saturated carbocycles. The average molecular weight is 230 g/mol. The Morgan fingerprint density at radius 3 is 2.53 bits per heavy atom. The lowest BCUT2D eigenvalue weighted by atomic mass is 10.0. The highest BCUT2D eigenvalue weighted by Crippen LogP contribution is 2.19. The molecule has 0 aliphatic carbocycles. The summed E-state index contributed by atoms with van der Waals surface area (Å²) < 4.78 is 5.53. The fourth-order valence-corrected chi connectivity index (χ4v) is 1.46. The van der Waals surface area contributed by atoms with Crippen LogP contribution in [0.4, 0.5) is 0 Å². The van der Waals surface area contributed by atoms with Gasteiger partial charge in [0.05, 0.1) is 12.9 Å². The van der Waals surface area contributed by atoms with Crippen molar-refractivity contribution in [3.63, 3.8) is 0 Å². The summed E-state index contributed by atoms with van der Waals surface area (Å²) in [6.45, 7) is 13.1. The maximum absolute atomic E-state index is 5.53. The van der Waals surface area contributed by atoms with Gasteiger partial charge in [0, 0.05) is 0 Å². The van der Waals surface area contributed by atoms with Crippen molar-refractivity contribution >= 4 is 11.1 Å². The topological polar surface area (TPSA) is 9.23 Å². The van der Waals surface area contributed by atoms with Gasteiger partial charge in [-0.25, -0.2) is 0 Å². The average Bonchev–Trinajstić information content (AvgIpc) is 2.28. The quantitative estimate of drug-likeness (QED) is 0.663. The molecule has 0 aliphatic rings. The first-order valence-electron chi connectivity index (χ1n) is 6.05. The summed E-state index contributed by atoms with van der Waals surface area (Å²) in [5.41, 5.74) is 4.60. The van der Waals surface area contributed by atoms with Crippen LogP contribution in [0.15, 0.2) is 37.1 Å². The van der Waals surface area contributed by atoms with Crippen LogP contribution >= 0.6 is 0 Å². The van der Waals surface area contributed by atoms with Crippen molar-refractivity contribution in [1.82, 2.24) is 0 Å². The highest BCUT2D eigenvalue weighted by atomic mass is 16.5. The maximum Gasteiger partial charge on any atom is 0.0896 e. The molecule has 0 atom stereocenters. The molecule has 0 radical (unpaired) electrons. The molecule has 1 rings (SSSR count). The zero-order chi connectivity index (χ0) is 12.8. The number of allylic oxidation sites excluding steroid dienone is 2. The van der Waals surface area contributed by atoms with E-state index in [1.165, 1.54) is 11.1 Å². The van der Waals surface area contributed by atoms with Gasteiger partial charge in [0.15, 0.2) is 0 Å². The molecule has 0 saturated heterocycles. The van der Waals surface area contributed by atoms with E-state index in [2.05, 4.69) is 51.6 Å². The Hall–Kier alpha value is -1.50. The Kier molecular flexibility index (Phi) is 5.02. The van der Waals surface area contributed by atoms with E-state index in [1.807, 2.05) is 13.2 Å². The third-order valence-electron chi connectivity index (χ3n) is 2.50. The molecule has 92 valence electrons. The molecule has 0 aromatic heterocycles. The van der Waals surface area contributed by atoms with Crippen LogP contribution in [0, 0.1) is 5.92 Å². The van der Waals surface area contributed by atoms with Crippen molar-refractivity contribution in [2.45, 2.75) is 27.7 Å². The number of hydrogen-bond acceptors (Lipinski definition) is 1. The Bertz CT molecular complexity index is 413. The smallest absolute Gasteiger partial charge is 0.0896 e. The summed E-state index contributed by atoms with van der Waals surface area (Å²) in [4.78, 5) is 0. The van der Waals surface area contributed by atoms with Gasteiger partial charge in [-0.1, -0.05) is 44.2 Å². The van der Waals surface area contributed by atoms with Crippen molar-refractivity contribution in [3.8, 4) is 0 Å². The minimum atomic E-state index is 0.556. The fraction of sp³-hybridized carbons (Fsp3) is 0.375. The summed E-state index contributed by atoms with van der Waals surface area (Å²) in [6.07, 6.45) is 1.84. The molecule has 0 spiro atoms. The van der Waals surface area contributed by atoms with Gasteiger partial charge in [-0.05, 0) is 42.5 Å². The van der Waals surface area contributed by atoms with Crippen molar-refractivity contribution in [2.75, 3.05) is 6.61 Å². The summed E-state index contributed by atoms with van der Waals surface area (Å²) in [7, 11) is 0. The minimum Gasteiger partial charge on any atom is -0.501 e. The van der Waals surface area contributed by atoms with Gasteiger partial charge in [-0.3, -0.25) is 0 Å². The molecule has 0 amide bonds. The lowest BCUT2D eigenvalue weighted by molar-refractivity contribution is 0.212. The second kappa shape index (κ2) is 6.29. The van der Waals surface area contributed by atoms with Crippen molar-refractivity contribution in [1.29, 1.82) is 0 Å². The molecular weight excluding hydrogens is 208 g/mol. The molecule has 0 N–H and O–H groups in total. The molecular formula is C16H22O. The van der Waals surface area contributed by atoms with E-state index in [1.54, 1.807) is 0 Å². The van der Waals surface area contributed by atoms with E-state index in [9.17, 15) is 0 Å². The largest absolute Gasteiger partial charge is 0.501 e. The molecule has 1 nitrogen and oxygen atoms in total. The van der Waals surface area contributed by atoms with Crippen LogP contribution in [-0.4, -0.2) is 6.61 Å². The van der Waals surface area contributed by atoms with E-state index in [0.29, 0.717) is 5.92 Å². The molecule has 0 heterocycles. The first kappa shape index (κ1) is 13.6. The highest BCUT2D eigenvalue weighted by molar-refractivity contribution is 5.69. The number of ether oxygens (including phenoxy) is 1. The molecule has 1 heteroatoms. The van der Waals surface area contributed by atoms with Crippen molar-refractivity contribution in [3.05, 3.63) is 48.2 Å². The van der Waals surface area contributed by atoms with E-state index >= 15 is 0 Å². The molecule has 0 unspecified atom stereocenters. The van der Waals surface area contributed by atoms with Crippen LogP contribution < -0.4 is 0 Å². The van der Waals surface area contributed by atoms with Crippen LogP contribution in [0.5, 0.6) is 0 Å². The van der Waals surface area contributed by atoms with Crippen molar-refractivity contribution < 1.29 is 4.74 Å². The second-order valence-electron chi connectivity index (χ2n) is 4.89. The zero-order valence-corrected chi connectivity index (χ0v) is 11.3. The van der Waals surface area contributed by atoms with E-state index in [-0.39, 0.29) is 0 Å². The van der Waals surface area contributed by atoms with Gasteiger partial charge in [0.1, 0.15) is 0 Å². The molecule has 1 aromatic rings. The van der Waals surface area contributed by atoms with E-state index in [0.717, 1.165) is 17.8 Å². The third kappa shape index (κ3) is 4.48. The van der Waals surface area contributed by atoms with Gasteiger partial charge in [-0.2, -0.15) is 0 Å².